The number of hydrogen-bond acceptors (Lipinski definition) is 4. The Bertz CT molecular complexity index is 515. The van der Waals surface area contributed by atoms with E-state index in [1.165, 1.54) is 6.07 Å². The molecular formula is C13H15BrN2O4. The van der Waals surface area contributed by atoms with Crippen LogP contribution in [0.4, 0.5) is 5.69 Å². The van der Waals surface area contributed by atoms with E-state index >= 15 is 0 Å². The first kappa shape index (κ1) is 14.9. The molecule has 0 aromatic heterocycles. The van der Waals surface area contributed by atoms with Crippen molar-refractivity contribution < 1.29 is 14.5 Å². The number of nitrogens with one attached hydrogen (secondary N) is 1. The molecule has 0 spiro atoms. The van der Waals surface area contributed by atoms with Crippen LogP contribution < -0.4 is 5.32 Å². The minimum absolute atomic E-state index is 0.0171. The van der Waals surface area contributed by atoms with E-state index in [2.05, 4.69) is 21.2 Å². The molecule has 0 bridgehead atoms. The number of benzene rings is 1. The van der Waals surface area contributed by atoms with Gasteiger partial charge in [0.05, 0.1) is 4.92 Å². The van der Waals surface area contributed by atoms with Gasteiger partial charge in [-0.05, 0) is 24.5 Å². The Morgan fingerprint density at radius 3 is 2.75 bits per heavy atom. The molecule has 0 atom stereocenters. The second kappa shape index (κ2) is 6.81. The quantitative estimate of drug-likeness (QED) is 0.517. The van der Waals surface area contributed by atoms with Crippen molar-refractivity contribution in [2.24, 2.45) is 0 Å². The van der Waals surface area contributed by atoms with Gasteiger partial charge in [0.25, 0.3) is 11.6 Å². The molecule has 1 heterocycles. The monoisotopic (exact) mass is 342 g/mol. The lowest BCUT2D eigenvalue weighted by Gasteiger charge is -2.23. The van der Waals surface area contributed by atoms with Crippen molar-refractivity contribution in [2.45, 2.75) is 24.2 Å². The minimum Gasteiger partial charge on any atom is -0.381 e. The Balaban J connectivity index is 2.20. The van der Waals surface area contributed by atoms with Crippen LogP contribution in [0.15, 0.2) is 18.2 Å². The van der Waals surface area contributed by atoms with Crippen molar-refractivity contribution in [3.63, 3.8) is 0 Å². The number of carbonyl (C=O) groups is 1. The second-order valence-electron chi connectivity index (χ2n) is 4.60. The molecule has 0 radical (unpaired) electrons. The van der Waals surface area contributed by atoms with Crippen LogP contribution >= 0.6 is 15.9 Å². The Morgan fingerprint density at radius 1 is 1.45 bits per heavy atom. The first-order chi connectivity index (χ1) is 9.61. The summed E-state index contributed by atoms with van der Waals surface area (Å²) in [5.41, 5.74) is 0.769. The third kappa shape index (κ3) is 3.55. The number of halogens is 1. The lowest BCUT2D eigenvalue weighted by Crippen LogP contribution is -2.39. The van der Waals surface area contributed by atoms with Crippen molar-refractivity contribution in [1.82, 2.24) is 5.32 Å². The molecule has 1 aromatic rings. The number of nitro benzene ring substituents is 1. The zero-order valence-electron chi connectivity index (χ0n) is 10.8. The fourth-order valence-corrected chi connectivity index (χ4v) is 2.46. The predicted molar refractivity (Wildman–Crippen MR) is 77.0 cm³/mol. The molecule has 1 aromatic carbocycles. The van der Waals surface area contributed by atoms with Gasteiger partial charge in [-0.25, -0.2) is 0 Å². The van der Waals surface area contributed by atoms with Gasteiger partial charge in [-0.2, -0.15) is 0 Å². The standard InChI is InChI=1S/C13H15BrN2O4/c14-8-9-1-2-12(16(18)19)11(7-9)13(17)15-10-3-5-20-6-4-10/h1-2,7,10H,3-6,8H2,(H,15,17). The van der Waals surface area contributed by atoms with Gasteiger partial charge in [0.2, 0.25) is 0 Å². The normalized spacial score (nSPS) is 15.8. The van der Waals surface area contributed by atoms with Crippen LogP contribution in [0.2, 0.25) is 0 Å². The highest BCUT2D eigenvalue weighted by atomic mass is 79.9. The van der Waals surface area contributed by atoms with Crippen LogP contribution in [-0.4, -0.2) is 30.1 Å². The fourth-order valence-electron chi connectivity index (χ4n) is 2.11. The first-order valence-corrected chi connectivity index (χ1v) is 7.46. The van der Waals surface area contributed by atoms with Gasteiger partial charge in [0.15, 0.2) is 0 Å². The summed E-state index contributed by atoms with van der Waals surface area (Å²) in [6.07, 6.45) is 1.47. The third-order valence-corrected chi connectivity index (χ3v) is 3.86. The molecule has 20 heavy (non-hydrogen) atoms. The Hall–Kier alpha value is -1.47. The molecule has 2 rings (SSSR count). The van der Waals surface area contributed by atoms with Crippen molar-refractivity contribution in [1.29, 1.82) is 0 Å². The molecule has 1 amide bonds. The average Bonchev–Trinajstić information content (AvgIpc) is 2.47. The van der Waals surface area contributed by atoms with Crippen molar-refractivity contribution in [3.05, 3.63) is 39.4 Å². The summed E-state index contributed by atoms with van der Waals surface area (Å²) in [7, 11) is 0. The van der Waals surface area contributed by atoms with Crippen LogP contribution in [0.5, 0.6) is 0 Å². The van der Waals surface area contributed by atoms with E-state index < -0.39 is 10.8 Å². The van der Waals surface area contributed by atoms with Crippen LogP contribution in [0.25, 0.3) is 0 Å². The molecule has 108 valence electrons. The number of ether oxygens (including phenoxy) is 1. The number of hydrogen-bond donors (Lipinski definition) is 1. The van der Waals surface area contributed by atoms with Crippen molar-refractivity contribution in [3.8, 4) is 0 Å². The van der Waals surface area contributed by atoms with Crippen LogP contribution in [0, 0.1) is 10.1 Å². The van der Waals surface area contributed by atoms with Crippen molar-refractivity contribution >= 4 is 27.5 Å². The number of rotatable bonds is 4. The molecule has 1 aliphatic rings. The topological polar surface area (TPSA) is 81.5 Å². The van der Waals surface area contributed by atoms with E-state index in [9.17, 15) is 14.9 Å². The minimum atomic E-state index is -0.531. The third-order valence-electron chi connectivity index (χ3n) is 3.21. The maximum atomic E-state index is 12.2. The van der Waals surface area contributed by atoms with Crippen LogP contribution in [0.3, 0.4) is 0 Å². The summed E-state index contributed by atoms with van der Waals surface area (Å²) in [5, 5.41) is 14.4. The van der Waals surface area contributed by atoms with E-state index in [4.69, 9.17) is 4.74 Å². The highest BCUT2D eigenvalue weighted by molar-refractivity contribution is 9.08. The Kier molecular flexibility index (Phi) is 5.08. The van der Waals surface area contributed by atoms with Gasteiger partial charge in [0, 0.05) is 30.7 Å². The zero-order valence-corrected chi connectivity index (χ0v) is 12.4. The zero-order chi connectivity index (χ0) is 14.5. The summed E-state index contributed by atoms with van der Waals surface area (Å²) < 4.78 is 5.22. The number of alkyl halides is 1. The van der Waals surface area contributed by atoms with E-state index in [0.29, 0.717) is 18.5 Å². The first-order valence-electron chi connectivity index (χ1n) is 6.33. The Labute approximate surface area is 124 Å². The highest BCUT2D eigenvalue weighted by Crippen LogP contribution is 2.22. The smallest absolute Gasteiger partial charge is 0.282 e. The molecule has 1 saturated heterocycles. The number of nitrogens with zero attached hydrogens (tertiary/aromatic N) is 1. The SMILES string of the molecule is O=C(NC1CCOCC1)c1cc(CBr)ccc1[N+](=O)[O-]. The summed E-state index contributed by atoms with van der Waals surface area (Å²) >= 11 is 3.28. The Morgan fingerprint density at radius 2 is 2.15 bits per heavy atom. The average molecular weight is 343 g/mol. The van der Waals surface area contributed by atoms with E-state index in [0.717, 1.165) is 18.4 Å². The fraction of sp³-hybridized carbons (Fsp3) is 0.462. The molecule has 0 unspecified atom stereocenters. The molecule has 1 fully saturated rings. The van der Waals surface area contributed by atoms with Gasteiger partial charge >= 0.3 is 0 Å². The van der Waals surface area contributed by atoms with Gasteiger partial charge in [-0.1, -0.05) is 22.0 Å². The molecular weight excluding hydrogens is 328 g/mol. The van der Waals surface area contributed by atoms with Crippen molar-refractivity contribution in [2.75, 3.05) is 13.2 Å². The van der Waals surface area contributed by atoms with Gasteiger partial charge in [-0.3, -0.25) is 14.9 Å². The van der Waals surface area contributed by atoms with Gasteiger partial charge < -0.3 is 10.1 Å². The number of nitro groups is 1. The van der Waals surface area contributed by atoms with E-state index in [-0.39, 0.29) is 17.3 Å². The molecule has 1 aliphatic heterocycles. The predicted octanol–water partition coefficient (Wildman–Crippen LogP) is 2.40. The number of carbonyl (C=O) groups excluding carboxylic acids is 1. The molecule has 7 heteroatoms. The highest BCUT2D eigenvalue weighted by Gasteiger charge is 2.23. The molecule has 0 aliphatic carbocycles. The maximum absolute atomic E-state index is 12.2. The lowest BCUT2D eigenvalue weighted by molar-refractivity contribution is -0.385. The summed E-state index contributed by atoms with van der Waals surface area (Å²) in [6, 6.07) is 4.58. The summed E-state index contributed by atoms with van der Waals surface area (Å²) in [4.78, 5) is 22.7. The maximum Gasteiger partial charge on any atom is 0.282 e. The van der Waals surface area contributed by atoms with Gasteiger partial charge in [-0.15, -0.1) is 0 Å². The molecule has 0 saturated carbocycles. The molecule has 1 N–H and O–H groups in total. The second-order valence-corrected chi connectivity index (χ2v) is 5.16. The largest absolute Gasteiger partial charge is 0.381 e. The van der Waals surface area contributed by atoms with Crippen LogP contribution in [0.1, 0.15) is 28.8 Å². The van der Waals surface area contributed by atoms with Gasteiger partial charge in [0.1, 0.15) is 5.56 Å². The van der Waals surface area contributed by atoms with E-state index in [1.54, 1.807) is 12.1 Å². The summed E-state index contributed by atoms with van der Waals surface area (Å²) in [5.74, 6) is -0.397. The lowest BCUT2D eigenvalue weighted by atomic mass is 10.1. The van der Waals surface area contributed by atoms with Crippen LogP contribution in [-0.2, 0) is 10.1 Å². The van der Waals surface area contributed by atoms with E-state index in [1.807, 2.05) is 0 Å². The summed E-state index contributed by atoms with van der Waals surface area (Å²) in [6.45, 7) is 1.21. The molecule has 6 nitrogen and oxygen atoms in total. The number of amides is 1.